The number of amides is 2. The lowest BCUT2D eigenvalue weighted by Gasteiger charge is -2.51. The standard InChI is InChI=1S/C19H29N3O2/c1-13(2)22-15-7-6-8-16(22)12-14(11-15)20-19(23)21-17-9-4-5-10-18(17)24-3/h4-5,9-10,13-16H,6-8,11-12H2,1-3H3,(H2,20,21,23)/t15-,16-/m1/s1. The molecular weight excluding hydrogens is 302 g/mol. The summed E-state index contributed by atoms with van der Waals surface area (Å²) in [7, 11) is 1.61. The first-order valence-electron chi connectivity index (χ1n) is 9.06. The van der Waals surface area contributed by atoms with E-state index < -0.39 is 0 Å². The summed E-state index contributed by atoms with van der Waals surface area (Å²) < 4.78 is 5.29. The number of anilines is 1. The monoisotopic (exact) mass is 331 g/mol. The van der Waals surface area contributed by atoms with Gasteiger partial charge in [-0.1, -0.05) is 18.6 Å². The summed E-state index contributed by atoms with van der Waals surface area (Å²) in [6.07, 6.45) is 5.92. The first-order chi connectivity index (χ1) is 11.6. The van der Waals surface area contributed by atoms with Crippen molar-refractivity contribution in [2.75, 3.05) is 12.4 Å². The van der Waals surface area contributed by atoms with Crippen LogP contribution < -0.4 is 15.4 Å². The largest absolute Gasteiger partial charge is 0.495 e. The molecule has 3 rings (SSSR count). The lowest BCUT2D eigenvalue weighted by atomic mass is 9.81. The summed E-state index contributed by atoms with van der Waals surface area (Å²) in [6, 6.07) is 9.40. The fraction of sp³-hybridized carbons (Fsp3) is 0.632. The molecule has 2 amide bonds. The van der Waals surface area contributed by atoms with Crippen LogP contribution >= 0.6 is 0 Å². The number of ether oxygens (including phenoxy) is 1. The molecule has 2 bridgehead atoms. The number of fused-ring (bicyclic) bond motifs is 2. The number of hydrogen-bond acceptors (Lipinski definition) is 3. The van der Waals surface area contributed by atoms with E-state index >= 15 is 0 Å². The average molecular weight is 331 g/mol. The highest BCUT2D eigenvalue weighted by molar-refractivity contribution is 5.91. The summed E-state index contributed by atoms with van der Waals surface area (Å²) in [6.45, 7) is 4.57. The minimum Gasteiger partial charge on any atom is -0.495 e. The van der Waals surface area contributed by atoms with Gasteiger partial charge < -0.3 is 15.4 Å². The maximum Gasteiger partial charge on any atom is 0.319 e. The van der Waals surface area contributed by atoms with Crippen LogP contribution in [0.4, 0.5) is 10.5 Å². The van der Waals surface area contributed by atoms with Crippen LogP contribution in [0.1, 0.15) is 46.0 Å². The highest BCUT2D eigenvalue weighted by Crippen LogP contribution is 2.35. The Morgan fingerprint density at radius 3 is 2.50 bits per heavy atom. The van der Waals surface area contributed by atoms with Crippen molar-refractivity contribution in [2.45, 2.75) is 70.1 Å². The molecule has 5 heteroatoms. The molecule has 0 saturated carbocycles. The molecule has 0 spiro atoms. The highest BCUT2D eigenvalue weighted by atomic mass is 16.5. The molecule has 0 radical (unpaired) electrons. The fourth-order valence-corrected chi connectivity index (χ4v) is 4.47. The first-order valence-corrected chi connectivity index (χ1v) is 9.06. The van der Waals surface area contributed by atoms with Crippen LogP contribution in [0.15, 0.2) is 24.3 Å². The predicted octanol–water partition coefficient (Wildman–Crippen LogP) is 3.61. The average Bonchev–Trinajstić information content (AvgIpc) is 2.54. The van der Waals surface area contributed by atoms with Crippen LogP contribution in [0.3, 0.4) is 0 Å². The lowest BCUT2D eigenvalue weighted by molar-refractivity contribution is 0.00233. The first kappa shape index (κ1) is 17.1. The molecule has 2 heterocycles. The second kappa shape index (κ2) is 7.43. The molecule has 2 saturated heterocycles. The van der Waals surface area contributed by atoms with Crippen molar-refractivity contribution in [1.82, 2.24) is 10.2 Å². The van der Waals surface area contributed by atoms with E-state index in [1.807, 2.05) is 24.3 Å². The number of para-hydroxylation sites is 2. The number of nitrogens with one attached hydrogen (secondary N) is 2. The third kappa shape index (κ3) is 3.66. The van der Waals surface area contributed by atoms with Gasteiger partial charge in [-0.05, 0) is 51.7 Å². The van der Waals surface area contributed by atoms with Crippen molar-refractivity contribution in [3.63, 3.8) is 0 Å². The van der Waals surface area contributed by atoms with E-state index in [0.29, 0.717) is 29.6 Å². The molecule has 1 aromatic carbocycles. The van der Waals surface area contributed by atoms with Gasteiger partial charge in [-0.25, -0.2) is 4.79 Å². The van der Waals surface area contributed by atoms with Gasteiger partial charge >= 0.3 is 6.03 Å². The van der Waals surface area contributed by atoms with Gasteiger partial charge in [0, 0.05) is 24.2 Å². The van der Waals surface area contributed by atoms with Crippen molar-refractivity contribution in [1.29, 1.82) is 0 Å². The van der Waals surface area contributed by atoms with Crippen molar-refractivity contribution >= 4 is 11.7 Å². The maximum absolute atomic E-state index is 12.4. The molecule has 0 aliphatic carbocycles. The zero-order valence-corrected chi connectivity index (χ0v) is 14.9. The highest BCUT2D eigenvalue weighted by Gasteiger charge is 2.39. The summed E-state index contributed by atoms with van der Waals surface area (Å²) in [5.41, 5.74) is 0.706. The Hall–Kier alpha value is -1.75. The summed E-state index contributed by atoms with van der Waals surface area (Å²) in [5, 5.41) is 6.09. The molecule has 5 nitrogen and oxygen atoms in total. The zero-order valence-electron chi connectivity index (χ0n) is 14.9. The summed E-state index contributed by atoms with van der Waals surface area (Å²) >= 11 is 0. The number of benzene rings is 1. The normalized spacial score (nSPS) is 26.9. The van der Waals surface area contributed by atoms with Crippen LogP contribution in [-0.2, 0) is 0 Å². The quantitative estimate of drug-likeness (QED) is 0.886. The Morgan fingerprint density at radius 2 is 1.88 bits per heavy atom. The predicted molar refractivity (Wildman–Crippen MR) is 96.6 cm³/mol. The second-order valence-corrected chi connectivity index (χ2v) is 7.25. The maximum atomic E-state index is 12.4. The molecule has 0 aromatic heterocycles. The van der Waals surface area contributed by atoms with Gasteiger partial charge in [-0.3, -0.25) is 4.90 Å². The Labute approximate surface area is 144 Å². The minimum absolute atomic E-state index is 0.138. The zero-order chi connectivity index (χ0) is 17.1. The molecule has 2 aliphatic heterocycles. The third-order valence-electron chi connectivity index (χ3n) is 5.32. The van der Waals surface area contributed by atoms with E-state index in [2.05, 4.69) is 29.4 Å². The summed E-state index contributed by atoms with van der Waals surface area (Å²) in [5.74, 6) is 0.680. The van der Waals surface area contributed by atoms with E-state index in [1.54, 1.807) is 7.11 Å². The van der Waals surface area contributed by atoms with Crippen LogP contribution in [0, 0.1) is 0 Å². The van der Waals surface area contributed by atoms with Crippen LogP contribution in [0.5, 0.6) is 5.75 Å². The minimum atomic E-state index is -0.138. The fourth-order valence-electron chi connectivity index (χ4n) is 4.47. The number of hydrogen-bond donors (Lipinski definition) is 2. The van der Waals surface area contributed by atoms with Gasteiger partial charge in [0.25, 0.3) is 0 Å². The number of rotatable bonds is 4. The Balaban J connectivity index is 1.60. The topological polar surface area (TPSA) is 53.6 Å². The SMILES string of the molecule is COc1ccccc1NC(=O)NC1C[C@H]2CCC[C@H](C1)N2C(C)C. The molecule has 24 heavy (non-hydrogen) atoms. The molecule has 0 unspecified atom stereocenters. The van der Waals surface area contributed by atoms with Crippen LogP contribution in [0.2, 0.25) is 0 Å². The Morgan fingerprint density at radius 1 is 1.21 bits per heavy atom. The van der Waals surface area contributed by atoms with E-state index in [-0.39, 0.29) is 12.1 Å². The van der Waals surface area contributed by atoms with Crippen molar-refractivity contribution in [2.24, 2.45) is 0 Å². The Bertz CT molecular complexity index is 561. The van der Waals surface area contributed by atoms with Crippen molar-refractivity contribution < 1.29 is 9.53 Å². The third-order valence-corrected chi connectivity index (χ3v) is 5.32. The Kier molecular flexibility index (Phi) is 5.29. The van der Waals surface area contributed by atoms with Gasteiger partial charge in [-0.2, -0.15) is 0 Å². The summed E-state index contributed by atoms with van der Waals surface area (Å²) in [4.78, 5) is 15.1. The number of methoxy groups -OCH3 is 1. The van der Waals surface area contributed by atoms with E-state index in [0.717, 1.165) is 12.8 Å². The molecule has 132 valence electrons. The van der Waals surface area contributed by atoms with Gasteiger partial charge in [0.05, 0.1) is 12.8 Å². The van der Waals surface area contributed by atoms with Gasteiger partial charge in [0.2, 0.25) is 0 Å². The molecular formula is C19H29N3O2. The number of urea groups is 1. The van der Waals surface area contributed by atoms with Crippen molar-refractivity contribution in [3.8, 4) is 5.75 Å². The van der Waals surface area contributed by atoms with Crippen LogP contribution in [0.25, 0.3) is 0 Å². The molecule has 2 fully saturated rings. The lowest BCUT2D eigenvalue weighted by Crippen LogP contribution is -2.59. The molecule has 2 atom stereocenters. The van der Waals surface area contributed by atoms with E-state index in [9.17, 15) is 4.79 Å². The molecule has 1 aromatic rings. The van der Waals surface area contributed by atoms with E-state index in [1.165, 1.54) is 19.3 Å². The number of carbonyl (C=O) groups is 1. The van der Waals surface area contributed by atoms with E-state index in [4.69, 9.17) is 4.74 Å². The number of nitrogens with zero attached hydrogens (tertiary/aromatic N) is 1. The molecule has 2 N–H and O–H groups in total. The number of carbonyl (C=O) groups excluding carboxylic acids is 1. The van der Waals surface area contributed by atoms with Crippen LogP contribution in [-0.4, -0.2) is 42.2 Å². The van der Waals surface area contributed by atoms with Gasteiger partial charge in [-0.15, -0.1) is 0 Å². The van der Waals surface area contributed by atoms with Gasteiger partial charge in [0.1, 0.15) is 5.75 Å². The van der Waals surface area contributed by atoms with Crippen molar-refractivity contribution in [3.05, 3.63) is 24.3 Å². The second-order valence-electron chi connectivity index (χ2n) is 7.25. The smallest absolute Gasteiger partial charge is 0.319 e. The molecule has 2 aliphatic rings. The number of piperidine rings is 2. The van der Waals surface area contributed by atoms with Gasteiger partial charge in [0.15, 0.2) is 0 Å².